The SMILES string of the molecule is Cc1ccc(NC(=O)c2sc(C3CCCC3)nc2C)cc1C(=O)O. The van der Waals surface area contributed by atoms with Crippen LogP contribution in [0.3, 0.4) is 0 Å². The lowest BCUT2D eigenvalue weighted by molar-refractivity contribution is 0.0695. The lowest BCUT2D eigenvalue weighted by atomic mass is 10.1. The molecule has 3 rings (SSSR count). The molecule has 2 N–H and O–H groups in total. The number of carbonyl (C=O) groups excluding carboxylic acids is 1. The summed E-state index contributed by atoms with van der Waals surface area (Å²) in [5.41, 5.74) is 2.08. The highest BCUT2D eigenvalue weighted by Gasteiger charge is 2.24. The van der Waals surface area contributed by atoms with Crippen LogP contribution >= 0.6 is 11.3 Å². The molecule has 0 spiro atoms. The monoisotopic (exact) mass is 344 g/mol. The molecule has 126 valence electrons. The van der Waals surface area contributed by atoms with Crippen LogP contribution < -0.4 is 5.32 Å². The second-order valence-electron chi connectivity index (χ2n) is 6.24. The van der Waals surface area contributed by atoms with Gasteiger partial charge in [-0.25, -0.2) is 9.78 Å². The summed E-state index contributed by atoms with van der Waals surface area (Å²) in [7, 11) is 0. The second kappa shape index (κ2) is 6.73. The lowest BCUT2D eigenvalue weighted by Gasteiger charge is -2.07. The average Bonchev–Trinajstić information content (AvgIpc) is 3.18. The molecule has 1 amide bonds. The fourth-order valence-electron chi connectivity index (χ4n) is 3.09. The summed E-state index contributed by atoms with van der Waals surface area (Å²) in [6, 6.07) is 4.90. The normalized spacial score (nSPS) is 14.8. The Balaban J connectivity index is 1.80. The van der Waals surface area contributed by atoms with E-state index in [4.69, 9.17) is 0 Å². The van der Waals surface area contributed by atoms with Crippen molar-refractivity contribution in [3.05, 3.63) is 44.9 Å². The zero-order chi connectivity index (χ0) is 17.3. The number of carboxylic acid groups (broad SMARTS) is 1. The number of anilines is 1. The Hall–Kier alpha value is -2.21. The average molecular weight is 344 g/mol. The maximum absolute atomic E-state index is 12.5. The van der Waals surface area contributed by atoms with Crippen molar-refractivity contribution < 1.29 is 14.7 Å². The van der Waals surface area contributed by atoms with Crippen LogP contribution in [0.25, 0.3) is 0 Å². The van der Waals surface area contributed by atoms with Gasteiger partial charge in [0.1, 0.15) is 4.88 Å². The predicted octanol–water partition coefficient (Wildman–Crippen LogP) is 4.37. The number of hydrogen-bond acceptors (Lipinski definition) is 4. The van der Waals surface area contributed by atoms with Crippen molar-refractivity contribution in [2.75, 3.05) is 5.32 Å². The number of amides is 1. The van der Waals surface area contributed by atoms with Crippen molar-refractivity contribution >= 4 is 28.9 Å². The Bertz CT molecular complexity index is 792. The fraction of sp³-hybridized carbons (Fsp3) is 0.389. The summed E-state index contributed by atoms with van der Waals surface area (Å²) in [6.45, 7) is 3.58. The molecule has 6 heteroatoms. The number of nitrogens with zero attached hydrogens (tertiary/aromatic N) is 1. The van der Waals surface area contributed by atoms with E-state index in [1.165, 1.54) is 30.2 Å². The van der Waals surface area contributed by atoms with E-state index in [2.05, 4.69) is 10.3 Å². The van der Waals surface area contributed by atoms with E-state index in [0.717, 1.165) is 23.5 Å². The second-order valence-corrected chi connectivity index (χ2v) is 7.27. The summed E-state index contributed by atoms with van der Waals surface area (Å²) in [6.07, 6.45) is 4.75. The van der Waals surface area contributed by atoms with Crippen molar-refractivity contribution in [2.24, 2.45) is 0 Å². The Morgan fingerprint density at radius 1 is 1.25 bits per heavy atom. The van der Waals surface area contributed by atoms with Gasteiger partial charge in [-0.15, -0.1) is 11.3 Å². The Labute approximate surface area is 144 Å². The van der Waals surface area contributed by atoms with E-state index >= 15 is 0 Å². The van der Waals surface area contributed by atoms with E-state index in [0.29, 0.717) is 22.0 Å². The van der Waals surface area contributed by atoms with E-state index in [-0.39, 0.29) is 11.5 Å². The molecule has 1 aliphatic carbocycles. The van der Waals surface area contributed by atoms with Crippen molar-refractivity contribution in [3.63, 3.8) is 0 Å². The molecule has 1 fully saturated rings. The maximum atomic E-state index is 12.5. The summed E-state index contributed by atoms with van der Waals surface area (Å²) in [4.78, 5) is 28.9. The number of thiazole rings is 1. The number of benzene rings is 1. The molecule has 5 nitrogen and oxygen atoms in total. The minimum atomic E-state index is -0.999. The smallest absolute Gasteiger partial charge is 0.336 e. The molecule has 0 unspecified atom stereocenters. The van der Waals surface area contributed by atoms with Crippen molar-refractivity contribution in [2.45, 2.75) is 45.4 Å². The standard InChI is InChI=1S/C18H20N2O3S/c1-10-7-8-13(9-14(10)18(22)23)20-16(21)15-11(2)19-17(24-15)12-5-3-4-6-12/h7-9,12H,3-6H2,1-2H3,(H,20,21)(H,22,23). The molecule has 0 saturated heterocycles. The lowest BCUT2D eigenvalue weighted by Crippen LogP contribution is -2.12. The van der Waals surface area contributed by atoms with Gasteiger partial charge < -0.3 is 10.4 Å². The van der Waals surface area contributed by atoms with Crippen molar-refractivity contribution in [1.82, 2.24) is 4.98 Å². The third-order valence-corrected chi connectivity index (χ3v) is 5.77. The van der Waals surface area contributed by atoms with Crippen LogP contribution in [0.4, 0.5) is 5.69 Å². The van der Waals surface area contributed by atoms with Crippen molar-refractivity contribution in [3.8, 4) is 0 Å². The third-order valence-electron chi connectivity index (χ3n) is 4.45. The number of aromatic carboxylic acids is 1. The van der Waals surface area contributed by atoms with Gasteiger partial charge in [-0.1, -0.05) is 18.9 Å². The largest absolute Gasteiger partial charge is 0.478 e. The molecule has 0 bridgehead atoms. The fourth-order valence-corrected chi connectivity index (χ4v) is 4.22. The first-order chi connectivity index (χ1) is 11.5. The first-order valence-corrected chi connectivity index (χ1v) is 8.90. The summed E-state index contributed by atoms with van der Waals surface area (Å²) in [5, 5.41) is 13.0. The molecule has 0 aliphatic heterocycles. The van der Waals surface area contributed by atoms with Gasteiger partial charge in [0.05, 0.1) is 16.3 Å². The van der Waals surface area contributed by atoms with Gasteiger partial charge in [0.25, 0.3) is 5.91 Å². The number of aromatic nitrogens is 1. The van der Waals surface area contributed by atoms with Gasteiger partial charge in [0.15, 0.2) is 0 Å². The van der Waals surface area contributed by atoms with Crippen LogP contribution in [0, 0.1) is 13.8 Å². The number of nitrogens with one attached hydrogen (secondary N) is 1. The summed E-state index contributed by atoms with van der Waals surface area (Å²) >= 11 is 1.46. The topological polar surface area (TPSA) is 79.3 Å². The van der Waals surface area contributed by atoms with Gasteiger partial charge in [-0.2, -0.15) is 0 Å². The molecular weight excluding hydrogens is 324 g/mol. The van der Waals surface area contributed by atoms with Crippen LogP contribution in [0.5, 0.6) is 0 Å². The van der Waals surface area contributed by atoms with E-state index in [1.807, 2.05) is 6.92 Å². The van der Waals surface area contributed by atoms with Gasteiger partial charge in [0, 0.05) is 11.6 Å². The predicted molar refractivity (Wildman–Crippen MR) is 94.2 cm³/mol. The van der Waals surface area contributed by atoms with E-state index in [1.54, 1.807) is 19.1 Å². The molecular formula is C18H20N2O3S. The Morgan fingerprint density at radius 2 is 1.96 bits per heavy atom. The Kier molecular flexibility index (Phi) is 4.66. The Morgan fingerprint density at radius 3 is 2.62 bits per heavy atom. The molecule has 1 aromatic carbocycles. The van der Waals surface area contributed by atoms with Gasteiger partial charge >= 0.3 is 5.97 Å². The van der Waals surface area contributed by atoms with Crippen LogP contribution in [0.15, 0.2) is 18.2 Å². The molecule has 1 heterocycles. The number of carboxylic acids is 1. The summed E-state index contributed by atoms with van der Waals surface area (Å²) < 4.78 is 0. The highest BCUT2D eigenvalue weighted by molar-refractivity contribution is 7.14. The zero-order valence-electron chi connectivity index (χ0n) is 13.8. The number of hydrogen-bond donors (Lipinski definition) is 2. The molecule has 1 aromatic heterocycles. The minimum absolute atomic E-state index is 0.195. The molecule has 1 saturated carbocycles. The first-order valence-electron chi connectivity index (χ1n) is 8.08. The zero-order valence-corrected chi connectivity index (χ0v) is 14.6. The number of rotatable bonds is 4. The van der Waals surface area contributed by atoms with Crippen LogP contribution in [-0.2, 0) is 0 Å². The highest BCUT2D eigenvalue weighted by Crippen LogP contribution is 2.37. The highest BCUT2D eigenvalue weighted by atomic mass is 32.1. The van der Waals surface area contributed by atoms with E-state index < -0.39 is 5.97 Å². The van der Waals surface area contributed by atoms with Crippen molar-refractivity contribution in [1.29, 1.82) is 0 Å². The maximum Gasteiger partial charge on any atom is 0.336 e. The van der Waals surface area contributed by atoms with Gasteiger partial charge in [-0.3, -0.25) is 4.79 Å². The quantitative estimate of drug-likeness (QED) is 0.863. The van der Waals surface area contributed by atoms with Gasteiger partial charge in [0.2, 0.25) is 0 Å². The number of carbonyl (C=O) groups is 2. The van der Waals surface area contributed by atoms with E-state index in [9.17, 15) is 14.7 Å². The molecule has 24 heavy (non-hydrogen) atoms. The van der Waals surface area contributed by atoms with Crippen LogP contribution in [-0.4, -0.2) is 22.0 Å². The molecule has 0 atom stereocenters. The van der Waals surface area contributed by atoms with Crippen LogP contribution in [0.1, 0.15) is 67.9 Å². The molecule has 2 aromatic rings. The number of aryl methyl sites for hydroxylation is 2. The molecule has 0 radical (unpaired) electrons. The summed E-state index contributed by atoms with van der Waals surface area (Å²) in [5.74, 6) is -0.747. The van der Waals surface area contributed by atoms with Crippen LogP contribution in [0.2, 0.25) is 0 Å². The minimum Gasteiger partial charge on any atom is -0.478 e. The van der Waals surface area contributed by atoms with Gasteiger partial charge in [-0.05, 0) is 44.4 Å². The first kappa shape index (κ1) is 16.6. The third kappa shape index (κ3) is 3.33. The molecule has 1 aliphatic rings.